The number of aryl methyl sites for hydroxylation is 1. The molecule has 11 heteroatoms. The molecule has 1 N–H and O–H groups in total. The molecule has 2 amide bonds. The van der Waals surface area contributed by atoms with Gasteiger partial charge in [0.15, 0.2) is 0 Å². The lowest BCUT2D eigenvalue weighted by Crippen LogP contribution is -2.50. The van der Waals surface area contributed by atoms with Crippen LogP contribution in [0.15, 0.2) is 35.2 Å². The van der Waals surface area contributed by atoms with Gasteiger partial charge in [0, 0.05) is 56.9 Å². The number of nitrogens with one attached hydrogen (secondary N) is 1. The Hall–Kier alpha value is -2.69. The van der Waals surface area contributed by atoms with Crippen molar-refractivity contribution in [1.29, 1.82) is 0 Å². The van der Waals surface area contributed by atoms with Gasteiger partial charge in [0.2, 0.25) is 0 Å². The highest BCUT2D eigenvalue weighted by Gasteiger charge is 2.29. The molecule has 1 aromatic heterocycles. The van der Waals surface area contributed by atoms with Crippen molar-refractivity contribution < 1.29 is 18.0 Å². The largest absolute Gasteiger partial charge is 0.446 e. The van der Waals surface area contributed by atoms with E-state index in [0.717, 1.165) is 11.6 Å². The number of rotatable bonds is 4. The van der Waals surface area contributed by atoms with Gasteiger partial charge < -0.3 is 20.0 Å². The van der Waals surface area contributed by atoms with Crippen molar-refractivity contribution in [3.05, 3.63) is 36.2 Å². The second kappa shape index (κ2) is 8.99. The molecule has 30 heavy (non-hydrogen) atoms. The Morgan fingerprint density at radius 3 is 2.30 bits per heavy atom. The summed E-state index contributed by atoms with van der Waals surface area (Å²) in [4.78, 5) is 27.2. The number of aromatic nitrogens is 2. The Kier molecular flexibility index (Phi) is 6.59. The minimum Gasteiger partial charge on any atom is -0.363 e. The predicted molar refractivity (Wildman–Crippen MR) is 112 cm³/mol. The van der Waals surface area contributed by atoms with Crippen LogP contribution in [0.5, 0.6) is 0 Å². The number of alkyl halides is 3. The molecular formula is C19H23F3N6OS. The molecule has 162 valence electrons. The van der Waals surface area contributed by atoms with E-state index < -0.39 is 5.51 Å². The number of nitrogens with zero attached hydrogens (tertiary/aromatic N) is 5. The van der Waals surface area contributed by atoms with E-state index >= 15 is 0 Å². The maximum absolute atomic E-state index is 12.5. The van der Waals surface area contributed by atoms with Crippen LogP contribution in [0.3, 0.4) is 0 Å². The highest BCUT2D eigenvalue weighted by molar-refractivity contribution is 8.00. The average Bonchev–Trinajstić information content (AvgIpc) is 2.68. The maximum atomic E-state index is 12.5. The van der Waals surface area contributed by atoms with Crippen molar-refractivity contribution in [1.82, 2.24) is 14.9 Å². The molecule has 7 nitrogen and oxygen atoms in total. The summed E-state index contributed by atoms with van der Waals surface area (Å²) in [6.45, 7) is 4.11. The first-order valence-corrected chi connectivity index (χ1v) is 10.1. The van der Waals surface area contributed by atoms with Crippen LogP contribution in [0.1, 0.15) is 5.82 Å². The van der Waals surface area contributed by atoms with Gasteiger partial charge in [-0.05, 0) is 43.0 Å². The molecule has 0 atom stereocenters. The second-order valence-corrected chi connectivity index (χ2v) is 8.14. The van der Waals surface area contributed by atoms with Crippen LogP contribution in [-0.2, 0) is 0 Å². The fraction of sp³-hybridized carbons (Fsp3) is 0.421. The first kappa shape index (κ1) is 22.0. The molecule has 0 unspecified atom stereocenters. The first-order valence-electron chi connectivity index (χ1n) is 9.30. The van der Waals surface area contributed by atoms with Gasteiger partial charge in [0.05, 0.1) is 0 Å². The number of carbonyl (C=O) groups is 1. The summed E-state index contributed by atoms with van der Waals surface area (Å²) < 4.78 is 37.2. The van der Waals surface area contributed by atoms with Gasteiger partial charge in [-0.1, -0.05) is 0 Å². The van der Waals surface area contributed by atoms with Gasteiger partial charge in [-0.15, -0.1) is 0 Å². The SMILES string of the molecule is Cc1nc(N(C)C)cc(N2CCN(C(=O)Nc3ccc(SC(F)(F)F)cc3)CC2)n1. The van der Waals surface area contributed by atoms with Gasteiger partial charge in [0.25, 0.3) is 0 Å². The summed E-state index contributed by atoms with van der Waals surface area (Å²) >= 11 is -0.184. The lowest BCUT2D eigenvalue weighted by atomic mass is 10.3. The van der Waals surface area contributed by atoms with E-state index in [-0.39, 0.29) is 22.7 Å². The number of benzene rings is 1. The average molecular weight is 440 g/mol. The molecule has 0 aliphatic carbocycles. The van der Waals surface area contributed by atoms with Crippen molar-refractivity contribution in [2.24, 2.45) is 0 Å². The zero-order valence-corrected chi connectivity index (χ0v) is 17.7. The van der Waals surface area contributed by atoms with E-state index in [1.807, 2.05) is 32.0 Å². The Bertz CT molecular complexity index is 883. The Morgan fingerprint density at radius 1 is 1.10 bits per heavy atom. The lowest BCUT2D eigenvalue weighted by molar-refractivity contribution is -0.0328. The number of anilines is 3. The normalized spacial score (nSPS) is 14.6. The topological polar surface area (TPSA) is 64.6 Å². The summed E-state index contributed by atoms with van der Waals surface area (Å²) in [6.07, 6.45) is 0. The Balaban J connectivity index is 1.55. The quantitative estimate of drug-likeness (QED) is 0.730. The van der Waals surface area contributed by atoms with Crippen molar-refractivity contribution in [2.45, 2.75) is 17.3 Å². The van der Waals surface area contributed by atoms with Crippen LogP contribution in [0.4, 0.5) is 35.3 Å². The number of piperazine rings is 1. The summed E-state index contributed by atoms with van der Waals surface area (Å²) in [6, 6.07) is 7.25. The maximum Gasteiger partial charge on any atom is 0.446 e. The highest BCUT2D eigenvalue weighted by atomic mass is 32.2. The van der Waals surface area contributed by atoms with E-state index in [1.54, 1.807) is 4.90 Å². The number of amides is 2. The fourth-order valence-electron chi connectivity index (χ4n) is 3.01. The van der Waals surface area contributed by atoms with Crippen LogP contribution < -0.4 is 15.1 Å². The third kappa shape index (κ3) is 5.91. The van der Waals surface area contributed by atoms with Gasteiger partial charge in [-0.25, -0.2) is 14.8 Å². The molecular weight excluding hydrogens is 417 g/mol. The first-order chi connectivity index (χ1) is 14.1. The summed E-state index contributed by atoms with van der Waals surface area (Å²) in [5.41, 5.74) is -3.88. The van der Waals surface area contributed by atoms with Gasteiger partial charge >= 0.3 is 11.5 Å². The highest BCUT2D eigenvalue weighted by Crippen LogP contribution is 2.37. The van der Waals surface area contributed by atoms with Crippen molar-refractivity contribution >= 4 is 35.1 Å². The third-order valence-corrected chi connectivity index (χ3v) is 5.24. The minimum absolute atomic E-state index is 0.0753. The molecule has 1 aromatic carbocycles. The van der Waals surface area contributed by atoms with Crippen LogP contribution >= 0.6 is 11.8 Å². The number of urea groups is 1. The van der Waals surface area contributed by atoms with Crippen molar-refractivity contribution in [3.63, 3.8) is 0 Å². The van der Waals surface area contributed by atoms with Gasteiger partial charge in [0.1, 0.15) is 17.5 Å². The van der Waals surface area contributed by atoms with Gasteiger partial charge in [-0.2, -0.15) is 13.2 Å². The number of halogens is 3. The van der Waals surface area contributed by atoms with E-state index in [9.17, 15) is 18.0 Å². The van der Waals surface area contributed by atoms with Crippen LogP contribution in [0, 0.1) is 6.92 Å². The number of carbonyl (C=O) groups excluding carboxylic acids is 1. The van der Waals surface area contributed by atoms with E-state index in [1.165, 1.54) is 24.3 Å². The zero-order valence-electron chi connectivity index (χ0n) is 16.9. The molecule has 1 fully saturated rings. The molecule has 0 saturated carbocycles. The van der Waals surface area contributed by atoms with E-state index in [4.69, 9.17) is 0 Å². The van der Waals surface area contributed by atoms with Gasteiger partial charge in [-0.3, -0.25) is 0 Å². The molecule has 2 aromatic rings. The zero-order chi connectivity index (χ0) is 21.9. The number of hydrogen-bond donors (Lipinski definition) is 1. The van der Waals surface area contributed by atoms with Crippen molar-refractivity contribution in [3.8, 4) is 0 Å². The smallest absolute Gasteiger partial charge is 0.363 e. The number of thioether (sulfide) groups is 1. The molecule has 0 spiro atoms. The fourth-order valence-corrected chi connectivity index (χ4v) is 3.55. The van der Waals surface area contributed by atoms with Crippen LogP contribution in [0.25, 0.3) is 0 Å². The molecule has 3 rings (SSSR count). The Labute approximate surface area is 177 Å². The van der Waals surface area contributed by atoms with E-state index in [2.05, 4.69) is 20.2 Å². The molecule has 0 bridgehead atoms. The summed E-state index contributed by atoms with van der Waals surface area (Å²) in [5.74, 6) is 2.33. The number of hydrogen-bond acceptors (Lipinski definition) is 6. The van der Waals surface area contributed by atoms with Crippen LogP contribution in [0.2, 0.25) is 0 Å². The third-order valence-electron chi connectivity index (χ3n) is 4.50. The molecule has 1 saturated heterocycles. The standard InChI is InChI=1S/C19H23F3N6OS/c1-13-23-16(26(2)3)12-17(24-13)27-8-10-28(11-9-27)18(29)25-14-4-6-15(7-5-14)30-19(20,21)22/h4-7,12H,8-11H2,1-3H3,(H,25,29). The molecule has 0 radical (unpaired) electrons. The summed E-state index contributed by atoms with van der Waals surface area (Å²) in [7, 11) is 3.84. The molecule has 1 aliphatic rings. The second-order valence-electron chi connectivity index (χ2n) is 7.00. The predicted octanol–water partition coefficient (Wildman–Crippen LogP) is 3.82. The minimum atomic E-state index is -4.33. The monoisotopic (exact) mass is 440 g/mol. The van der Waals surface area contributed by atoms with E-state index in [0.29, 0.717) is 37.7 Å². The molecule has 2 heterocycles. The Morgan fingerprint density at radius 2 is 1.73 bits per heavy atom. The van der Waals surface area contributed by atoms with Crippen LogP contribution in [-0.4, -0.2) is 66.7 Å². The van der Waals surface area contributed by atoms with Crippen molar-refractivity contribution in [2.75, 3.05) is 55.4 Å². The lowest BCUT2D eigenvalue weighted by Gasteiger charge is -2.35. The molecule has 1 aliphatic heterocycles. The summed E-state index contributed by atoms with van der Waals surface area (Å²) in [5, 5.41) is 2.74.